The molecule has 1 aliphatic carbocycles. The van der Waals surface area contributed by atoms with E-state index in [1.54, 1.807) is 18.2 Å². The fourth-order valence-corrected chi connectivity index (χ4v) is 6.08. The maximum atomic E-state index is 13.0. The van der Waals surface area contributed by atoms with Crippen LogP contribution in [-0.2, 0) is 10.0 Å². The number of amides is 1. The van der Waals surface area contributed by atoms with E-state index in [-0.39, 0.29) is 29.3 Å². The average Bonchev–Trinajstić information content (AvgIpc) is 3.29. The lowest BCUT2D eigenvalue weighted by molar-refractivity contribution is 0.0758. The number of halogens is 1. The van der Waals surface area contributed by atoms with Gasteiger partial charge in [-0.2, -0.15) is 0 Å². The number of carbonyl (C=O) groups excluding carboxylic acids is 1. The highest BCUT2D eigenvalue weighted by Crippen LogP contribution is 2.28. The predicted molar refractivity (Wildman–Crippen MR) is 111 cm³/mol. The molecule has 2 N–H and O–H groups in total. The average molecular weight is 428 g/mol. The first-order valence-electron chi connectivity index (χ1n) is 10.2. The van der Waals surface area contributed by atoms with Crippen LogP contribution in [0.2, 0.25) is 0 Å². The lowest BCUT2D eigenvalue weighted by Crippen LogP contribution is -2.34. The number of carbonyl (C=O) groups is 1. The molecule has 0 spiro atoms. The molecular weight excluding hydrogens is 398 g/mol. The van der Waals surface area contributed by atoms with Crippen molar-refractivity contribution in [2.45, 2.75) is 49.5 Å². The molecule has 1 saturated carbocycles. The number of sulfonamides is 1. The van der Waals surface area contributed by atoms with Crippen LogP contribution in [0.25, 0.3) is 0 Å². The molecule has 1 aromatic rings. The maximum Gasteiger partial charge on any atom is 0.253 e. The van der Waals surface area contributed by atoms with Crippen LogP contribution in [0, 0.1) is 11.8 Å². The Balaban J connectivity index is 0.00000225. The van der Waals surface area contributed by atoms with Crippen molar-refractivity contribution >= 4 is 28.3 Å². The quantitative estimate of drug-likeness (QED) is 0.773. The SMILES string of the molecule is Cl.O=C(c1cccc(S(=O)(=O)NC2CCCC2)c1)N1CC[C@@H]2CNC[C@@H]2CC1. The molecule has 1 aromatic carbocycles. The predicted octanol–water partition coefficient (Wildman–Crippen LogP) is 2.40. The van der Waals surface area contributed by atoms with Gasteiger partial charge in [-0.15, -0.1) is 12.4 Å². The number of likely N-dealkylation sites (tertiary alicyclic amines) is 1. The van der Waals surface area contributed by atoms with E-state index in [0.717, 1.165) is 64.7 Å². The summed E-state index contributed by atoms with van der Waals surface area (Å²) in [7, 11) is -3.58. The number of nitrogens with one attached hydrogen (secondary N) is 2. The van der Waals surface area contributed by atoms with E-state index in [0.29, 0.717) is 17.4 Å². The van der Waals surface area contributed by atoms with Crippen molar-refractivity contribution in [1.82, 2.24) is 14.9 Å². The fourth-order valence-electron chi connectivity index (χ4n) is 4.73. The van der Waals surface area contributed by atoms with Crippen LogP contribution in [0.1, 0.15) is 48.9 Å². The van der Waals surface area contributed by atoms with Gasteiger partial charge in [0.15, 0.2) is 0 Å². The summed E-state index contributed by atoms with van der Waals surface area (Å²) in [6.07, 6.45) is 5.96. The number of nitrogens with zero attached hydrogens (tertiary/aromatic N) is 1. The fraction of sp³-hybridized carbons (Fsp3) is 0.650. The summed E-state index contributed by atoms with van der Waals surface area (Å²) in [5.41, 5.74) is 0.467. The van der Waals surface area contributed by atoms with Crippen molar-refractivity contribution in [3.8, 4) is 0 Å². The van der Waals surface area contributed by atoms with Gasteiger partial charge in [0.25, 0.3) is 5.91 Å². The van der Waals surface area contributed by atoms with Crippen LogP contribution in [-0.4, -0.2) is 51.4 Å². The van der Waals surface area contributed by atoms with Crippen LogP contribution in [0.3, 0.4) is 0 Å². The van der Waals surface area contributed by atoms with E-state index >= 15 is 0 Å². The summed E-state index contributed by atoms with van der Waals surface area (Å²) >= 11 is 0. The topological polar surface area (TPSA) is 78.5 Å². The Hall–Kier alpha value is -1.15. The molecule has 28 heavy (non-hydrogen) atoms. The summed E-state index contributed by atoms with van der Waals surface area (Å²) in [5.74, 6) is 1.26. The molecule has 6 nitrogen and oxygen atoms in total. The highest BCUT2D eigenvalue weighted by atomic mass is 35.5. The monoisotopic (exact) mass is 427 g/mol. The molecule has 3 fully saturated rings. The number of hydrogen-bond acceptors (Lipinski definition) is 4. The zero-order valence-electron chi connectivity index (χ0n) is 16.1. The summed E-state index contributed by atoms with van der Waals surface area (Å²) in [6.45, 7) is 3.60. The number of benzene rings is 1. The minimum absolute atomic E-state index is 0. The van der Waals surface area contributed by atoms with Gasteiger partial charge in [0.05, 0.1) is 4.90 Å². The maximum absolute atomic E-state index is 13.0. The summed E-state index contributed by atoms with van der Waals surface area (Å²) in [4.78, 5) is 15.1. The Labute approximate surface area is 173 Å². The van der Waals surface area contributed by atoms with Gasteiger partial charge in [-0.25, -0.2) is 13.1 Å². The molecule has 0 unspecified atom stereocenters. The molecule has 0 bridgehead atoms. The zero-order chi connectivity index (χ0) is 18.9. The molecule has 8 heteroatoms. The summed E-state index contributed by atoms with van der Waals surface area (Å²) in [5, 5.41) is 3.44. The molecule has 4 rings (SSSR count). The standard InChI is InChI=1S/C20H29N3O3S.ClH/c24-20(23-10-8-16-13-21-14-17(16)9-11-23)15-4-3-7-19(12-15)27(25,26)22-18-5-1-2-6-18;/h3-4,7,12,16-18,21-22H,1-2,5-6,8-11,13-14H2;1H/t16-,17+;. The second-order valence-electron chi connectivity index (χ2n) is 8.18. The third-order valence-corrected chi connectivity index (χ3v) is 7.89. The Morgan fingerprint density at radius 2 is 1.68 bits per heavy atom. The zero-order valence-corrected chi connectivity index (χ0v) is 17.7. The molecule has 0 aromatic heterocycles. The molecule has 3 aliphatic rings. The molecular formula is C20H30ClN3O3S. The lowest BCUT2D eigenvalue weighted by atomic mass is 9.92. The van der Waals surface area contributed by atoms with Crippen LogP contribution in [0.15, 0.2) is 29.2 Å². The number of fused-ring (bicyclic) bond motifs is 1. The molecule has 0 radical (unpaired) electrons. The Kier molecular flexibility index (Phi) is 7.02. The van der Waals surface area contributed by atoms with E-state index in [4.69, 9.17) is 0 Å². The largest absolute Gasteiger partial charge is 0.339 e. The van der Waals surface area contributed by atoms with E-state index in [9.17, 15) is 13.2 Å². The van der Waals surface area contributed by atoms with Gasteiger partial charge in [-0.05, 0) is 68.8 Å². The summed E-state index contributed by atoms with van der Waals surface area (Å²) < 4.78 is 28.2. The van der Waals surface area contributed by atoms with Crippen molar-refractivity contribution in [2.75, 3.05) is 26.2 Å². The second kappa shape index (κ2) is 9.11. The highest BCUT2D eigenvalue weighted by molar-refractivity contribution is 7.89. The number of rotatable bonds is 4. The molecule has 2 saturated heterocycles. The number of hydrogen-bond donors (Lipinski definition) is 2. The van der Waals surface area contributed by atoms with Gasteiger partial charge in [-0.3, -0.25) is 4.79 Å². The van der Waals surface area contributed by atoms with Gasteiger partial charge in [0, 0.05) is 24.7 Å². The van der Waals surface area contributed by atoms with Crippen molar-refractivity contribution in [1.29, 1.82) is 0 Å². The normalized spacial score (nSPS) is 25.8. The van der Waals surface area contributed by atoms with E-state index in [1.807, 2.05) is 4.90 Å². The van der Waals surface area contributed by atoms with Crippen LogP contribution in [0.5, 0.6) is 0 Å². The molecule has 156 valence electrons. The van der Waals surface area contributed by atoms with Crippen molar-refractivity contribution < 1.29 is 13.2 Å². The summed E-state index contributed by atoms with van der Waals surface area (Å²) in [6, 6.07) is 6.53. The van der Waals surface area contributed by atoms with Gasteiger partial charge < -0.3 is 10.2 Å². The first kappa shape index (κ1) is 21.6. The smallest absolute Gasteiger partial charge is 0.253 e. The van der Waals surface area contributed by atoms with E-state index in [1.165, 1.54) is 6.07 Å². The molecule has 1 amide bonds. The third-order valence-electron chi connectivity index (χ3n) is 6.37. The Morgan fingerprint density at radius 3 is 2.32 bits per heavy atom. The van der Waals surface area contributed by atoms with Gasteiger partial charge >= 0.3 is 0 Å². The first-order valence-corrected chi connectivity index (χ1v) is 11.6. The van der Waals surface area contributed by atoms with Crippen molar-refractivity contribution in [3.05, 3.63) is 29.8 Å². The van der Waals surface area contributed by atoms with Gasteiger partial charge in [0.1, 0.15) is 0 Å². The van der Waals surface area contributed by atoms with Crippen LogP contribution < -0.4 is 10.0 Å². The van der Waals surface area contributed by atoms with Crippen LogP contribution >= 0.6 is 12.4 Å². The third kappa shape index (κ3) is 4.70. The minimum atomic E-state index is -3.58. The highest BCUT2D eigenvalue weighted by Gasteiger charge is 2.32. The molecule has 2 aliphatic heterocycles. The molecule has 2 atom stereocenters. The van der Waals surface area contributed by atoms with E-state index in [2.05, 4.69) is 10.0 Å². The minimum Gasteiger partial charge on any atom is -0.339 e. The second-order valence-corrected chi connectivity index (χ2v) is 9.89. The van der Waals surface area contributed by atoms with Gasteiger partial charge in [0.2, 0.25) is 10.0 Å². The molecule has 2 heterocycles. The lowest BCUT2D eigenvalue weighted by Gasteiger charge is -2.21. The van der Waals surface area contributed by atoms with Crippen molar-refractivity contribution in [2.24, 2.45) is 11.8 Å². The van der Waals surface area contributed by atoms with Crippen LogP contribution in [0.4, 0.5) is 0 Å². The van der Waals surface area contributed by atoms with E-state index < -0.39 is 10.0 Å². The Morgan fingerprint density at radius 1 is 1.04 bits per heavy atom. The van der Waals surface area contributed by atoms with Gasteiger partial charge in [-0.1, -0.05) is 18.9 Å². The Bertz CT molecular complexity index is 782. The van der Waals surface area contributed by atoms with Crippen molar-refractivity contribution in [3.63, 3.8) is 0 Å². The first-order chi connectivity index (χ1) is 13.0.